The number of rotatable bonds is 6. The van der Waals surface area contributed by atoms with Crippen molar-refractivity contribution < 1.29 is 28.3 Å². The van der Waals surface area contributed by atoms with Crippen molar-refractivity contribution in [2.24, 2.45) is 0 Å². The first-order valence-corrected chi connectivity index (χ1v) is 5.37. The number of aliphatic carboxylic acids is 1. The van der Waals surface area contributed by atoms with Gasteiger partial charge in [-0.2, -0.15) is 0 Å². The van der Waals surface area contributed by atoms with Crippen molar-refractivity contribution in [1.82, 2.24) is 5.32 Å². The maximum absolute atomic E-state index is 13.2. The van der Waals surface area contributed by atoms with Gasteiger partial charge in [0.1, 0.15) is 18.2 Å². The van der Waals surface area contributed by atoms with Crippen LogP contribution in [0.4, 0.5) is 8.78 Å². The molecule has 0 spiro atoms. The number of nitrogens with one attached hydrogen (secondary N) is 1. The van der Waals surface area contributed by atoms with Crippen molar-refractivity contribution in [3.05, 3.63) is 35.4 Å². The van der Waals surface area contributed by atoms with Crippen molar-refractivity contribution in [3.63, 3.8) is 0 Å². The van der Waals surface area contributed by atoms with Crippen molar-refractivity contribution in [2.75, 3.05) is 6.54 Å². The van der Waals surface area contributed by atoms with E-state index in [1.165, 1.54) is 0 Å². The van der Waals surface area contributed by atoms with Crippen molar-refractivity contribution in [3.8, 4) is 0 Å². The highest BCUT2D eigenvalue weighted by atomic mass is 19.1. The summed E-state index contributed by atoms with van der Waals surface area (Å²) >= 11 is 0. The zero-order chi connectivity index (χ0) is 14.4. The van der Waals surface area contributed by atoms with E-state index in [-0.39, 0.29) is 12.8 Å². The minimum atomic E-state index is -1.21. The normalized spacial score (nSPS) is 10.0. The number of hydrogen-bond acceptors (Lipinski definition) is 3. The Morgan fingerprint density at radius 1 is 1.16 bits per heavy atom. The Morgan fingerprint density at radius 3 is 2.47 bits per heavy atom. The van der Waals surface area contributed by atoms with Gasteiger partial charge >= 0.3 is 5.97 Å². The maximum Gasteiger partial charge on any atom is 0.322 e. The van der Waals surface area contributed by atoms with Crippen LogP contribution in [-0.2, 0) is 9.59 Å². The number of benzene rings is 1. The lowest BCUT2D eigenvalue weighted by molar-refractivity contribution is -0.137. The van der Waals surface area contributed by atoms with E-state index in [0.29, 0.717) is 0 Å². The number of hydrogen-bond donors (Lipinski definition) is 2. The Bertz CT molecular complexity index is 516. The predicted octanol–water partition coefficient (Wildman–Crippen LogP) is 1.13. The number of ketones is 1. The minimum absolute atomic E-state index is 0.290. The summed E-state index contributed by atoms with van der Waals surface area (Å²) in [5.41, 5.74) is -0.425. The predicted molar refractivity (Wildman–Crippen MR) is 60.6 cm³/mol. The molecular formula is C12H11F2NO4. The van der Waals surface area contributed by atoms with Crippen LogP contribution >= 0.6 is 0 Å². The largest absolute Gasteiger partial charge is 0.480 e. The van der Waals surface area contributed by atoms with Crippen LogP contribution in [0.15, 0.2) is 18.2 Å². The summed E-state index contributed by atoms with van der Waals surface area (Å²) in [6.07, 6.45) is -0.617. The lowest BCUT2D eigenvalue weighted by Crippen LogP contribution is -2.29. The van der Waals surface area contributed by atoms with Gasteiger partial charge in [0, 0.05) is 12.8 Å². The van der Waals surface area contributed by atoms with Crippen LogP contribution in [0.3, 0.4) is 0 Å². The molecule has 0 fully saturated rings. The third-order valence-corrected chi connectivity index (χ3v) is 2.24. The first-order valence-electron chi connectivity index (χ1n) is 5.37. The molecule has 1 aromatic rings. The number of carboxylic acid groups (broad SMARTS) is 1. The fourth-order valence-electron chi connectivity index (χ4n) is 1.34. The first kappa shape index (κ1) is 14.7. The monoisotopic (exact) mass is 271 g/mol. The molecule has 5 nitrogen and oxygen atoms in total. The van der Waals surface area contributed by atoms with Gasteiger partial charge in [0.2, 0.25) is 5.91 Å². The smallest absolute Gasteiger partial charge is 0.322 e. The molecule has 0 aromatic heterocycles. The molecular weight excluding hydrogens is 260 g/mol. The van der Waals surface area contributed by atoms with Gasteiger partial charge in [-0.05, 0) is 18.2 Å². The average molecular weight is 271 g/mol. The molecule has 0 aliphatic carbocycles. The molecule has 0 saturated heterocycles. The minimum Gasteiger partial charge on any atom is -0.480 e. The molecule has 0 aliphatic heterocycles. The molecule has 0 heterocycles. The summed E-state index contributed by atoms with van der Waals surface area (Å²) in [5, 5.41) is 10.4. The Morgan fingerprint density at radius 2 is 1.84 bits per heavy atom. The van der Waals surface area contributed by atoms with Gasteiger partial charge in [-0.15, -0.1) is 0 Å². The number of Topliss-reactive ketones (excluding diaryl/α,β-unsaturated/α-hetero) is 1. The van der Waals surface area contributed by atoms with E-state index in [2.05, 4.69) is 5.32 Å². The van der Waals surface area contributed by atoms with E-state index in [9.17, 15) is 23.2 Å². The fraction of sp³-hybridized carbons (Fsp3) is 0.250. The summed E-state index contributed by atoms with van der Waals surface area (Å²) < 4.78 is 26.1. The van der Waals surface area contributed by atoms with Gasteiger partial charge in [0.25, 0.3) is 0 Å². The third kappa shape index (κ3) is 4.82. The van der Waals surface area contributed by atoms with E-state index in [4.69, 9.17) is 5.11 Å². The number of amides is 1. The van der Waals surface area contributed by atoms with Gasteiger partial charge in [0.15, 0.2) is 5.78 Å². The zero-order valence-corrected chi connectivity index (χ0v) is 9.78. The highest BCUT2D eigenvalue weighted by Gasteiger charge is 2.14. The number of halogens is 2. The van der Waals surface area contributed by atoms with E-state index >= 15 is 0 Å². The molecule has 1 aromatic carbocycles. The van der Waals surface area contributed by atoms with E-state index in [1.807, 2.05) is 0 Å². The van der Waals surface area contributed by atoms with Gasteiger partial charge in [-0.3, -0.25) is 14.4 Å². The van der Waals surface area contributed by atoms with Crippen LogP contribution in [0.1, 0.15) is 23.2 Å². The van der Waals surface area contributed by atoms with Crippen LogP contribution in [0.2, 0.25) is 0 Å². The molecule has 0 saturated carbocycles. The molecule has 102 valence electrons. The molecule has 2 N–H and O–H groups in total. The summed E-state index contributed by atoms with van der Waals surface area (Å²) in [4.78, 5) is 32.9. The number of carbonyl (C=O) groups excluding carboxylic acids is 2. The first-order chi connectivity index (χ1) is 8.90. The molecule has 0 aliphatic rings. The Kier molecular flexibility index (Phi) is 5.11. The second kappa shape index (κ2) is 6.58. The van der Waals surface area contributed by atoms with Crippen LogP contribution in [0.5, 0.6) is 0 Å². The SMILES string of the molecule is O=C(O)CNC(=O)CCC(=O)c1cc(F)ccc1F. The van der Waals surface area contributed by atoms with Crippen LogP contribution in [0, 0.1) is 11.6 Å². The molecule has 0 bridgehead atoms. The van der Waals surface area contributed by atoms with Crippen LogP contribution in [-0.4, -0.2) is 29.3 Å². The molecule has 1 rings (SSSR count). The lowest BCUT2D eigenvalue weighted by Gasteiger charge is -2.03. The molecule has 1 amide bonds. The highest BCUT2D eigenvalue weighted by molar-refractivity contribution is 5.98. The van der Waals surface area contributed by atoms with Gasteiger partial charge in [0.05, 0.1) is 5.56 Å². The Labute approximate surface area is 107 Å². The second-order valence-corrected chi connectivity index (χ2v) is 3.72. The van der Waals surface area contributed by atoms with Crippen molar-refractivity contribution in [1.29, 1.82) is 0 Å². The summed E-state index contributed by atoms with van der Waals surface area (Å²) in [6.45, 7) is -0.554. The fourth-order valence-corrected chi connectivity index (χ4v) is 1.34. The van der Waals surface area contributed by atoms with Gasteiger partial charge < -0.3 is 10.4 Å². The van der Waals surface area contributed by atoms with E-state index < -0.39 is 41.4 Å². The molecule has 0 atom stereocenters. The van der Waals surface area contributed by atoms with Crippen LogP contribution in [0.25, 0.3) is 0 Å². The van der Waals surface area contributed by atoms with E-state index in [1.54, 1.807) is 0 Å². The van der Waals surface area contributed by atoms with Crippen molar-refractivity contribution in [2.45, 2.75) is 12.8 Å². The standard InChI is InChI=1S/C12H11F2NO4/c13-7-1-2-9(14)8(5-7)10(16)3-4-11(17)15-6-12(18)19/h1-2,5H,3-4,6H2,(H,15,17)(H,18,19). The van der Waals surface area contributed by atoms with E-state index in [0.717, 1.165) is 18.2 Å². The Hall–Kier alpha value is -2.31. The molecule has 0 radical (unpaired) electrons. The summed E-state index contributed by atoms with van der Waals surface area (Å²) in [5.74, 6) is -4.19. The number of carboxylic acids is 1. The zero-order valence-electron chi connectivity index (χ0n) is 9.78. The second-order valence-electron chi connectivity index (χ2n) is 3.72. The third-order valence-electron chi connectivity index (χ3n) is 2.24. The lowest BCUT2D eigenvalue weighted by atomic mass is 10.1. The van der Waals surface area contributed by atoms with Gasteiger partial charge in [-0.25, -0.2) is 8.78 Å². The Balaban J connectivity index is 2.53. The average Bonchev–Trinajstić information content (AvgIpc) is 2.36. The maximum atomic E-state index is 13.2. The summed E-state index contributed by atoms with van der Waals surface area (Å²) in [6, 6.07) is 2.46. The number of carbonyl (C=O) groups is 3. The molecule has 0 unspecified atom stereocenters. The van der Waals surface area contributed by atoms with Gasteiger partial charge in [-0.1, -0.05) is 0 Å². The highest BCUT2D eigenvalue weighted by Crippen LogP contribution is 2.12. The molecule has 19 heavy (non-hydrogen) atoms. The quantitative estimate of drug-likeness (QED) is 0.760. The summed E-state index contributed by atoms with van der Waals surface area (Å²) in [7, 11) is 0. The van der Waals surface area contributed by atoms with Crippen LogP contribution < -0.4 is 5.32 Å². The molecule has 7 heteroatoms. The topological polar surface area (TPSA) is 83.5 Å². The van der Waals surface area contributed by atoms with Crippen molar-refractivity contribution >= 4 is 17.7 Å².